The van der Waals surface area contributed by atoms with Crippen LogP contribution in [0.5, 0.6) is 5.75 Å². The number of ether oxygens (including phenoxy) is 1. The van der Waals surface area contributed by atoms with Crippen molar-refractivity contribution in [3.63, 3.8) is 0 Å². The Kier molecular flexibility index (Phi) is 3.34. The summed E-state index contributed by atoms with van der Waals surface area (Å²) in [6, 6.07) is 13.7. The minimum Gasteiger partial charge on any atom is -0.497 e. The molecule has 1 aromatic heterocycles. The van der Waals surface area contributed by atoms with Gasteiger partial charge in [-0.1, -0.05) is 12.1 Å². The zero-order valence-corrected chi connectivity index (χ0v) is 11.7. The molecule has 2 aromatic carbocycles. The summed E-state index contributed by atoms with van der Waals surface area (Å²) in [4.78, 5) is 27.7. The Balaban J connectivity index is 2.37. The molecule has 1 heterocycles. The molecule has 0 bridgehead atoms. The number of aromatic carboxylic acids is 1. The molecule has 0 radical (unpaired) electrons. The first-order valence-corrected chi connectivity index (χ1v) is 6.51. The number of hydrogen-bond donors (Lipinski definition) is 1. The van der Waals surface area contributed by atoms with Crippen molar-refractivity contribution in [3.05, 3.63) is 64.6 Å². The zero-order valence-electron chi connectivity index (χ0n) is 11.7. The van der Waals surface area contributed by atoms with E-state index in [0.717, 1.165) is 0 Å². The van der Waals surface area contributed by atoms with E-state index < -0.39 is 17.2 Å². The number of aromatic nitrogens is 2. The lowest BCUT2D eigenvalue weighted by Crippen LogP contribution is -2.27. The molecule has 6 nitrogen and oxygen atoms in total. The molecule has 0 unspecified atom stereocenters. The van der Waals surface area contributed by atoms with Crippen LogP contribution in [-0.2, 0) is 0 Å². The monoisotopic (exact) mass is 296 g/mol. The highest BCUT2D eigenvalue weighted by Crippen LogP contribution is 2.18. The summed E-state index contributed by atoms with van der Waals surface area (Å²) in [6.45, 7) is 0. The van der Waals surface area contributed by atoms with Gasteiger partial charge in [0.05, 0.1) is 18.1 Å². The van der Waals surface area contributed by atoms with E-state index in [1.807, 2.05) is 0 Å². The lowest BCUT2D eigenvalue weighted by atomic mass is 10.2. The number of rotatable bonds is 3. The summed E-state index contributed by atoms with van der Waals surface area (Å²) in [7, 11) is 1.55. The number of nitrogens with zero attached hydrogens (tertiary/aromatic N) is 2. The van der Waals surface area contributed by atoms with Crippen molar-refractivity contribution >= 4 is 17.0 Å². The molecule has 22 heavy (non-hydrogen) atoms. The summed E-state index contributed by atoms with van der Waals surface area (Å²) in [5.41, 5.74) is 0.357. The van der Waals surface area contributed by atoms with Crippen molar-refractivity contribution in [1.82, 2.24) is 9.55 Å². The van der Waals surface area contributed by atoms with Gasteiger partial charge >= 0.3 is 5.97 Å². The first-order chi connectivity index (χ1) is 10.6. The van der Waals surface area contributed by atoms with Gasteiger partial charge in [-0.05, 0) is 36.4 Å². The number of carboxylic acids is 1. The second kappa shape index (κ2) is 5.33. The van der Waals surface area contributed by atoms with E-state index in [-0.39, 0.29) is 0 Å². The van der Waals surface area contributed by atoms with Crippen LogP contribution < -0.4 is 10.3 Å². The fourth-order valence-electron chi connectivity index (χ4n) is 2.26. The summed E-state index contributed by atoms with van der Waals surface area (Å²) >= 11 is 0. The highest BCUT2D eigenvalue weighted by atomic mass is 16.5. The molecule has 0 amide bonds. The van der Waals surface area contributed by atoms with Crippen molar-refractivity contribution in [1.29, 1.82) is 0 Å². The second-order valence-corrected chi connectivity index (χ2v) is 4.59. The van der Waals surface area contributed by atoms with Crippen LogP contribution in [-0.4, -0.2) is 27.7 Å². The first-order valence-electron chi connectivity index (χ1n) is 6.51. The lowest BCUT2D eigenvalue weighted by molar-refractivity contribution is 0.0688. The highest BCUT2D eigenvalue weighted by Gasteiger charge is 2.17. The van der Waals surface area contributed by atoms with Crippen LogP contribution >= 0.6 is 0 Å². The third-order valence-electron chi connectivity index (χ3n) is 3.29. The number of benzene rings is 2. The average molecular weight is 296 g/mol. The van der Waals surface area contributed by atoms with Gasteiger partial charge in [0.1, 0.15) is 5.75 Å². The lowest BCUT2D eigenvalue weighted by Gasteiger charge is -2.11. The van der Waals surface area contributed by atoms with E-state index in [1.165, 1.54) is 4.57 Å². The number of carboxylic acid groups (broad SMARTS) is 1. The second-order valence-electron chi connectivity index (χ2n) is 4.59. The molecule has 0 aliphatic carbocycles. The van der Waals surface area contributed by atoms with Gasteiger partial charge in [-0.3, -0.25) is 9.36 Å². The van der Waals surface area contributed by atoms with Crippen LogP contribution in [0.3, 0.4) is 0 Å². The summed E-state index contributed by atoms with van der Waals surface area (Å²) in [5.74, 6) is -0.702. The smallest absolute Gasteiger partial charge is 0.360 e. The van der Waals surface area contributed by atoms with Crippen molar-refractivity contribution in [2.45, 2.75) is 0 Å². The Morgan fingerprint density at radius 3 is 2.45 bits per heavy atom. The summed E-state index contributed by atoms with van der Waals surface area (Å²) < 4.78 is 6.43. The first kappa shape index (κ1) is 13.8. The van der Waals surface area contributed by atoms with Crippen LogP contribution in [0.4, 0.5) is 0 Å². The van der Waals surface area contributed by atoms with Gasteiger partial charge in [-0.15, -0.1) is 0 Å². The standard InChI is InChI=1S/C16H12N2O4/c1-22-11-8-6-10(7-9-11)18-13-5-3-2-4-12(13)17-14(15(18)19)16(20)21/h2-9H,1H3,(H,20,21). The quantitative estimate of drug-likeness (QED) is 0.800. The van der Waals surface area contributed by atoms with E-state index in [9.17, 15) is 14.7 Å². The molecular weight excluding hydrogens is 284 g/mol. The van der Waals surface area contributed by atoms with Crippen LogP contribution in [0.2, 0.25) is 0 Å². The van der Waals surface area contributed by atoms with Crippen LogP contribution in [0, 0.1) is 0 Å². The number of methoxy groups -OCH3 is 1. The minimum absolute atomic E-state index is 0.440. The van der Waals surface area contributed by atoms with Crippen LogP contribution in [0.1, 0.15) is 10.5 Å². The molecule has 3 aromatic rings. The van der Waals surface area contributed by atoms with E-state index in [1.54, 1.807) is 55.6 Å². The van der Waals surface area contributed by atoms with Gasteiger partial charge in [0, 0.05) is 5.69 Å². The van der Waals surface area contributed by atoms with Gasteiger partial charge in [-0.2, -0.15) is 0 Å². The largest absolute Gasteiger partial charge is 0.497 e. The summed E-state index contributed by atoms with van der Waals surface area (Å²) in [5, 5.41) is 9.18. The normalized spacial score (nSPS) is 10.6. The molecule has 110 valence electrons. The number of fused-ring (bicyclic) bond motifs is 1. The Bertz CT molecular complexity index is 914. The molecule has 6 heteroatoms. The molecule has 1 N–H and O–H groups in total. The SMILES string of the molecule is COc1ccc(-n2c(=O)c(C(=O)O)nc3ccccc32)cc1. The molecule has 0 spiro atoms. The van der Waals surface area contributed by atoms with Gasteiger partial charge in [0.15, 0.2) is 0 Å². The predicted molar refractivity (Wildman–Crippen MR) is 80.9 cm³/mol. The van der Waals surface area contributed by atoms with Crippen LogP contribution in [0.25, 0.3) is 16.7 Å². The van der Waals surface area contributed by atoms with Crippen molar-refractivity contribution < 1.29 is 14.6 Å². The molecule has 0 saturated heterocycles. The summed E-state index contributed by atoms with van der Waals surface area (Å²) in [6.07, 6.45) is 0. The maximum absolute atomic E-state index is 12.5. The fourth-order valence-corrected chi connectivity index (χ4v) is 2.26. The highest BCUT2D eigenvalue weighted by molar-refractivity contribution is 5.88. The number of hydrogen-bond acceptors (Lipinski definition) is 4. The number of carbonyl (C=O) groups is 1. The predicted octanol–water partition coefficient (Wildman–Crippen LogP) is 2.09. The van der Waals surface area contributed by atoms with E-state index in [0.29, 0.717) is 22.5 Å². The van der Waals surface area contributed by atoms with Crippen molar-refractivity contribution in [3.8, 4) is 11.4 Å². The molecule has 0 saturated carbocycles. The van der Waals surface area contributed by atoms with Crippen molar-refractivity contribution in [2.75, 3.05) is 7.11 Å². The molecule has 3 rings (SSSR count). The third-order valence-corrected chi connectivity index (χ3v) is 3.29. The van der Waals surface area contributed by atoms with Gasteiger partial charge in [0.2, 0.25) is 5.69 Å². The van der Waals surface area contributed by atoms with Gasteiger partial charge in [-0.25, -0.2) is 9.78 Å². The average Bonchev–Trinajstić information content (AvgIpc) is 2.54. The molecule has 0 aliphatic rings. The Morgan fingerprint density at radius 1 is 1.14 bits per heavy atom. The van der Waals surface area contributed by atoms with Gasteiger partial charge in [0.25, 0.3) is 5.56 Å². The number of para-hydroxylation sites is 2. The van der Waals surface area contributed by atoms with E-state index in [2.05, 4.69) is 4.98 Å². The topological polar surface area (TPSA) is 81.4 Å². The van der Waals surface area contributed by atoms with E-state index in [4.69, 9.17) is 4.74 Å². The molecule has 0 fully saturated rings. The maximum Gasteiger partial charge on any atom is 0.360 e. The molecule has 0 atom stereocenters. The van der Waals surface area contributed by atoms with Crippen LogP contribution in [0.15, 0.2) is 53.3 Å². The fraction of sp³-hybridized carbons (Fsp3) is 0.0625. The third kappa shape index (κ3) is 2.20. The van der Waals surface area contributed by atoms with Crippen molar-refractivity contribution in [2.24, 2.45) is 0 Å². The Hall–Kier alpha value is -3.15. The maximum atomic E-state index is 12.5. The Morgan fingerprint density at radius 2 is 1.82 bits per heavy atom. The Labute approximate surface area is 125 Å². The molecule has 0 aliphatic heterocycles. The van der Waals surface area contributed by atoms with Gasteiger partial charge < -0.3 is 9.84 Å². The zero-order chi connectivity index (χ0) is 15.7. The molecular formula is C16H12N2O4. The minimum atomic E-state index is -1.35. The van der Waals surface area contributed by atoms with E-state index >= 15 is 0 Å².